The van der Waals surface area contributed by atoms with Gasteiger partial charge in [0.25, 0.3) is 0 Å². The molecule has 1 aromatic heterocycles. The highest BCUT2D eigenvalue weighted by atomic mass is 16.5. The number of methoxy groups -OCH3 is 1. The van der Waals surface area contributed by atoms with Crippen LogP contribution in [0.4, 0.5) is 0 Å². The zero-order chi connectivity index (χ0) is 27.5. The average molecular weight is 530 g/mol. The molecule has 2 saturated carbocycles. The maximum Gasteiger partial charge on any atom is 0.339 e. The van der Waals surface area contributed by atoms with Crippen LogP contribution in [0.2, 0.25) is 0 Å². The van der Waals surface area contributed by atoms with E-state index in [2.05, 4.69) is 41.5 Å². The van der Waals surface area contributed by atoms with E-state index >= 15 is 0 Å². The molecule has 0 spiro atoms. The summed E-state index contributed by atoms with van der Waals surface area (Å²) in [5.41, 5.74) is 11.9. The van der Waals surface area contributed by atoms with Crippen LogP contribution in [0.5, 0.6) is 0 Å². The fourth-order valence-electron chi connectivity index (χ4n) is 6.11. The summed E-state index contributed by atoms with van der Waals surface area (Å²) in [6, 6.07) is 16.6. The second kappa shape index (κ2) is 11.6. The van der Waals surface area contributed by atoms with Crippen LogP contribution in [0.15, 0.2) is 66.6 Å². The number of carboxylic acids is 1. The molecule has 0 bridgehead atoms. The van der Waals surface area contributed by atoms with Crippen molar-refractivity contribution in [1.82, 2.24) is 14.8 Å². The smallest absolute Gasteiger partial charge is 0.339 e. The third-order valence-electron chi connectivity index (χ3n) is 8.20. The van der Waals surface area contributed by atoms with E-state index in [1.165, 1.54) is 48.9 Å². The van der Waals surface area contributed by atoms with E-state index in [0.717, 1.165) is 35.6 Å². The normalized spacial score (nSPS) is 20.5. The average Bonchev–Trinajstić information content (AvgIpc) is 3.61. The van der Waals surface area contributed by atoms with Gasteiger partial charge in [0.15, 0.2) is 0 Å². The van der Waals surface area contributed by atoms with Crippen molar-refractivity contribution in [2.75, 3.05) is 14.2 Å². The maximum absolute atomic E-state index is 12.1. The lowest BCUT2D eigenvalue weighted by Gasteiger charge is -2.26. The molecule has 3 atom stereocenters. The second-order valence-electron chi connectivity index (χ2n) is 11.0. The standard InChI is InChI=1S/C31H39N5O3/c1-35(33)19-28(32)25-17-26(25)30-27(31(37)38)18-34-36(30)24-13-7-11-22(16-24)21-10-6-12-23(15-21)29(39-2)14-20-8-4-3-5-9-20/h6-7,10-13,15-16,18-20,25-26,29H,3-5,8-9,14,17,32-33H2,1-2H3,(H,37,38)/b28-19-. The summed E-state index contributed by atoms with van der Waals surface area (Å²) >= 11 is 0. The summed E-state index contributed by atoms with van der Waals surface area (Å²) in [6.45, 7) is 0. The second-order valence-corrected chi connectivity index (χ2v) is 11.0. The van der Waals surface area contributed by atoms with Gasteiger partial charge in [-0.25, -0.2) is 15.3 Å². The van der Waals surface area contributed by atoms with E-state index < -0.39 is 5.97 Å². The van der Waals surface area contributed by atoms with Crippen molar-refractivity contribution in [3.63, 3.8) is 0 Å². The number of allylic oxidation sites excluding steroid dienone is 1. The first-order chi connectivity index (χ1) is 18.9. The van der Waals surface area contributed by atoms with Gasteiger partial charge < -0.3 is 20.6 Å². The van der Waals surface area contributed by atoms with Gasteiger partial charge in [-0.15, -0.1) is 0 Å². The van der Waals surface area contributed by atoms with Crippen LogP contribution >= 0.6 is 0 Å². The molecule has 1 heterocycles. The number of ether oxygens (including phenoxy) is 1. The van der Waals surface area contributed by atoms with Crippen molar-refractivity contribution >= 4 is 5.97 Å². The molecule has 2 aromatic carbocycles. The number of rotatable bonds is 10. The molecule has 2 fully saturated rings. The monoisotopic (exact) mass is 529 g/mol. The first kappa shape index (κ1) is 27.0. The van der Waals surface area contributed by atoms with Crippen molar-refractivity contribution < 1.29 is 14.6 Å². The topological polar surface area (TPSA) is 120 Å². The zero-order valence-electron chi connectivity index (χ0n) is 22.8. The molecule has 0 radical (unpaired) electrons. The number of hydrazine groups is 1. The van der Waals surface area contributed by atoms with E-state index in [-0.39, 0.29) is 23.5 Å². The predicted octanol–water partition coefficient (Wildman–Crippen LogP) is 5.60. The molecule has 5 rings (SSSR count). The Morgan fingerprint density at radius 1 is 1.18 bits per heavy atom. The Labute approximate surface area is 230 Å². The lowest BCUT2D eigenvalue weighted by atomic mass is 9.84. The molecule has 0 aliphatic heterocycles. The SMILES string of the molecule is COC(CC1CCCCC1)c1cccc(-c2cccc(-n3ncc(C(=O)O)c3C3CC3/C(N)=C/N(C)N)c2)c1. The zero-order valence-corrected chi connectivity index (χ0v) is 22.8. The van der Waals surface area contributed by atoms with Gasteiger partial charge >= 0.3 is 5.97 Å². The quantitative estimate of drug-likeness (QED) is 0.231. The third-order valence-corrected chi connectivity index (χ3v) is 8.20. The molecule has 2 aliphatic rings. The van der Waals surface area contributed by atoms with Gasteiger partial charge in [0.05, 0.1) is 23.7 Å². The molecule has 39 heavy (non-hydrogen) atoms. The summed E-state index contributed by atoms with van der Waals surface area (Å²) in [5.74, 6) is 5.45. The number of benzene rings is 2. The lowest BCUT2D eigenvalue weighted by molar-refractivity contribution is 0.0695. The number of carbonyl (C=O) groups is 1. The number of aromatic carboxylic acids is 1. The maximum atomic E-state index is 12.1. The number of carboxylic acid groups (broad SMARTS) is 1. The van der Waals surface area contributed by atoms with Crippen molar-refractivity contribution in [3.8, 4) is 16.8 Å². The Balaban J connectivity index is 1.43. The van der Waals surface area contributed by atoms with Crippen molar-refractivity contribution in [2.24, 2.45) is 23.4 Å². The van der Waals surface area contributed by atoms with Crippen LogP contribution in [0.25, 0.3) is 16.8 Å². The van der Waals surface area contributed by atoms with E-state index in [0.29, 0.717) is 11.4 Å². The van der Waals surface area contributed by atoms with Crippen LogP contribution in [0.3, 0.4) is 0 Å². The Morgan fingerprint density at radius 3 is 2.59 bits per heavy atom. The van der Waals surface area contributed by atoms with E-state index in [4.69, 9.17) is 16.3 Å². The number of nitrogens with zero attached hydrogens (tertiary/aromatic N) is 3. The highest BCUT2D eigenvalue weighted by Gasteiger charge is 2.45. The predicted molar refractivity (Wildman–Crippen MR) is 152 cm³/mol. The first-order valence-corrected chi connectivity index (χ1v) is 13.8. The van der Waals surface area contributed by atoms with Crippen molar-refractivity contribution in [1.29, 1.82) is 0 Å². The van der Waals surface area contributed by atoms with Gasteiger partial charge in [0.1, 0.15) is 5.56 Å². The summed E-state index contributed by atoms with van der Waals surface area (Å²) in [6.07, 6.45) is 11.6. The Hall–Kier alpha value is -3.62. The van der Waals surface area contributed by atoms with Crippen LogP contribution in [-0.4, -0.2) is 40.0 Å². The van der Waals surface area contributed by atoms with Crippen LogP contribution in [0, 0.1) is 11.8 Å². The summed E-state index contributed by atoms with van der Waals surface area (Å²) < 4.78 is 7.71. The Morgan fingerprint density at radius 2 is 1.90 bits per heavy atom. The number of aromatic nitrogens is 2. The van der Waals surface area contributed by atoms with Crippen molar-refractivity contribution in [2.45, 2.75) is 57.0 Å². The highest BCUT2D eigenvalue weighted by Crippen LogP contribution is 2.52. The minimum atomic E-state index is -0.993. The fraction of sp³-hybridized carbons (Fsp3) is 0.419. The third kappa shape index (κ3) is 6.02. The first-order valence-electron chi connectivity index (χ1n) is 13.8. The lowest BCUT2D eigenvalue weighted by Crippen LogP contribution is -2.21. The Bertz CT molecular complexity index is 1340. The van der Waals surface area contributed by atoms with Crippen molar-refractivity contribution in [3.05, 3.63) is 83.4 Å². The van der Waals surface area contributed by atoms with Gasteiger partial charge in [0, 0.05) is 37.9 Å². The minimum absolute atomic E-state index is 0.0274. The van der Waals surface area contributed by atoms with Crippen LogP contribution in [0.1, 0.15) is 78.6 Å². The molecule has 2 aliphatic carbocycles. The van der Waals surface area contributed by atoms with Crippen LogP contribution in [-0.2, 0) is 4.74 Å². The van der Waals surface area contributed by atoms with E-state index in [1.54, 1.807) is 25.0 Å². The summed E-state index contributed by atoms with van der Waals surface area (Å²) in [7, 11) is 3.52. The fourth-order valence-corrected chi connectivity index (χ4v) is 6.11. The Kier molecular flexibility index (Phi) is 8.04. The van der Waals surface area contributed by atoms with Crippen LogP contribution < -0.4 is 11.6 Å². The summed E-state index contributed by atoms with van der Waals surface area (Å²) in [4.78, 5) is 12.1. The molecule has 8 nitrogen and oxygen atoms in total. The minimum Gasteiger partial charge on any atom is -0.478 e. The number of nitrogens with two attached hydrogens (primary N) is 2. The molecule has 5 N–H and O–H groups in total. The molecular weight excluding hydrogens is 490 g/mol. The molecule has 3 unspecified atom stereocenters. The van der Waals surface area contributed by atoms with E-state index in [1.807, 2.05) is 12.1 Å². The van der Waals surface area contributed by atoms with Gasteiger partial charge in [-0.05, 0) is 53.6 Å². The summed E-state index contributed by atoms with van der Waals surface area (Å²) in [5, 5.41) is 15.8. The van der Waals surface area contributed by atoms with Gasteiger partial charge in [0.2, 0.25) is 0 Å². The molecule has 3 aromatic rings. The molecule has 0 amide bonds. The molecule has 8 heteroatoms. The number of hydrogen-bond acceptors (Lipinski definition) is 6. The van der Waals surface area contributed by atoms with E-state index in [9.17, 15) is 9.90 Å². The molecule has 0 saturated heterocycles. The molecule has 206 valence electrons. The van der Waals surface area contributed by atoms with Gasteiger partial charge in [-0.2, -0.15) is 5.10 Å². The van der Waals surface area contributed by atoms with Gasteiger partial charge in [-0.1, -0.05) is 62.4 Å². The largest absolute Gasteiger partial charge is 0.478 e. The number of hydrogen-bond donors (Lipinski definition) is 3. The molecular formula is C31H39N5O3. The highest BCUT2D eigenvalue weighted by molar-refractivity contribution is 5.89. The van der Waals surface area contributed by atoms with Gasteiger partial charge in [-0.3, -0.25) is 0 Å².